The average molecular weight is 308 g/mol. The van der Waals surface area contributed by atoms with Crippen molar-refractivity contribution in [2.24, 2.45) is 0 Å². The molecule has 23 heavy (non-hydrogen) atoms. The molecular weight excluding hydrogens is 299 g/mol. The lowest BCUT2D eigenvalue weighted by atomic mass is 10.1. The van der Waals surface area contributed by atoms with Crippen LogP contribution in [0.25, 0.3) is 5.69 Å². The van der Waals surface area contributed by atoms with E-state index >= 15 is 0 Å². The van der Waals surface area contributed by atoms with E-state index in [1.54, 1.807) is 24.3 Å². The van der Waals surface area contributed by atoms with Crippen LogP contribution in [-0.4, -0.2) is 26.6 Å². The molecule has 0 fully saturated rings. The van der Waals surface area contributed by atoms with Crippen LogP contribution in [0.3, 0.4) is 0 Å². The van der Waals surface area contributed by atoms with Crippen LogP contribution >= 0.6 is 0 Å². The van der Waals surface area contributed by atoms with Gasteiger partial charge in [-0.2, -0.15) is 5.10 Å². The van der Waals surface area contributed by atoms with Crippen molar-refractivity contribution in [2.45, 2.75) is 0 Å². The summed E-state index contributed by atoms with van der Waals surface area (Å²) in [6, 6.07) is 10.6. The largest absolute Gasteiger partial charge is 0.268 e. The molecule has 0 saturated carbocycles. The van der Waals surface area contributed by atoms with E-state index in [4.69, 9.17) is 0 Å². The first kappa shape index (κ1) is 13.3. The molecule has 2 heterocycles. The van der Waals surface area contributed by atoms with Gasteiger partial charge in [0.25, 0.3) is 11.8 Å². The zero-order valence-corrected chi connectivity index (χ0v) is 11.7. The number of amides is 2. The van der Waals surface area contributed by atoms with E-state index in [1.165, 1.54) is 29.5 Å². The number of anilines is 1. The molecule has 0 unspecified atom stereocenters. The third-order valence-corrected chi connectivity index (χ3v) is 3.65. The van der Waals surface area contributed by atoms with Gasteiger partial charge < -0.3 is 0 Å². The summed E-state index contributed by atoms with van der Waals surface area (Å²) in [4.78, 5) is 29.5. The molecule has 4 rings (SSSR count). The molecule has 0 atom stereocenters. The van der Waals surface area contributed by atoms with Crippen molar-refractivity contribution in [3.8, 4) is 5.69 Å². The van der Waals surface area contributed by atoms with Crippen LogP contribution in [0.5, 0.6) is 0 Å². The minimum absolute atomic E-state index is 0.178. The van der Waals surface area contributed by atoms with Crippen molar-refractivity contribution in [3.05, 3.63) is 72.1 Å². The Morgan fingerprint density at radius 3 is 2.22 bits per heavy atom. The smallest absolute Gasteiger partial charge is 0.266 e. The molecule has 0 bridgehead atoms. The topological polar surface area (TPSA) is 68.1 Å². The molecule has 0 aliphatic carbocycles. The molecule has 6 nitrogen and oxygen atoms in total. The molecule has 0 N–H and O–H groups in total. The lowest BCUT2D eigenvalue weighted by Crippen LogP contribution is -2.29. The predicted molar refractivity (Wildman–Crippen MR) is 78.9 cm³/mol. The molecule has 112 valence electrons. The first-order valence-electron chi connectivity index (χ1n) is 6.79. The number of carbonyl (C=O) groups is 2. The molecule has 1 aliphatic heterocycles. The lowest BCUT2D eigenvalue weighted by Gasteiger charge is -2.15. The van der Waals surface area contributed by atoms with E-state index in [9.17, 15) is 14.0 Å². The maximum absolute atomic E-state index is 14.3. The van der Waals surface area contributed by atoms with Gasteiger partial charge in [-0.05, 0) is 24.3 Å². The summed E-state index contributed by atoms with van der Waals surface area (Å²) in [5.74, 6) is -1.53. The fraction of sp³-hybridized carbons (Fsp3) is 0. The van der Waals surface area contributed by atoms with Crippen molar-refractivity contribution in [2.75, 3.05) is 4.90 Å². The standard InChI is InChI=1S/C16H9FN4O2/c17-13-7-10(5-6-14(13)20-9-18-8-19-20)21-15(22)11-3-1-2-4-12(11)16(21)23/h1-9H. The number of hydrogen-bond acceptors (Lipinski definition) is 4. The number of aromatic nitrogens is 3. The number of rotatable bonds is 2. The van der Waals surface area contributed by atoms with Crippen LogP contribution in [0.15, 0.2) is 55.1 Å². The quantitative estimate of drug-likeness (QED) is 0.681. The maximum atomic E-state index is 14.3. The van der Waals surface area contributed by atoms with Crippen molar-refractivity contribution in [1.29, 1.82) is 0 Å². The number of halogens is 1. The minimum Gasteiger partial charge on any atom is -0.268 e. The van der Waals surface area contributed by atoms with Crippen molar-refractivity contribution < 1.29 is 14.0 Å². The van der Waals surface area contributed by atoms with Crippen LogP contribution in [0, 0.1) is 5.82 Å². The highest BCUT2D eigenvalue weighted by Crippen LogP contribution is 2.29. The van der Waals surface area contributed by atoms with Gasteiger partial charge in [0.1, 0.15) is 18.3 Å². The highest BCUT2D eigenvalue weighted by Gasteiger charge is 2.36. The van der Waals surface area contributed by atoms with Crippen LogP contribution in [0.4, 0.5) is 10.1 Å². The van der Waals surface area contributed by atoms with E-state index in [1.807, 2.05) is 0 Å². The Balaban J connectivity index is 1.77. The van der Waals surface area contributed by atoms with Gasteiger partial charge in [0.15, 0.2) is 5.82 Å². The number of benzene rings is 2. The fourth-order valence-electron chi connectivity index (χ4n) is 2.58. The summed E-state index contributed by atoms with van der Waals surface area (Å²) >= 11 is 0. The molecular formula is C16H9FN4O2. The molecule has 2 amide bonds. The van der Waals surface area contributed by atoms with Gasteiger partial charge in [-0.15, -0.1) is 0 Å². The van der Waals surface area contributed by atoms with E-state index in [-0.39, 0.29) is 11.4 Å². The van der Waals surface area contributed by atoms with E-state index in [0.717, 1.165) is 11.0 Å². The third-order valence-electron chi connectivity index (χ3n) is 3.65. The summed E-state index contributed by atoms with van der Waals surface area (Å²) in [5, 5.41) is 3.85. The van der Waals surface area contributed by atoms with Gasteiger partial charge in [0, 0.05) is 6.07 Å². The molecule has 7 heteroatoms. The Labute approximate surface area is 129 Å². The van der Waals surface area contributed by atoms with Gasteiger partial charge in [-0.25, -0.2) is 19.0 Å². The van der Waals surface area contributed by atoms with E-state index in [2.05, 4.69) is 10.1 Å². The van der Waals surface area contributed by atoms with Crippen molar-refractivity contribution in [3.63, 3.8) is 0 Å². The Hall–Kier alpha value is -3.35. The maximum Gasteiger partial charge on any atom is 0.266 e. The lowest BCUT2D eigenvalue weighted by molar-refractivity contribution is 0.0926. The van der Waals surface area contributed by atoms with E-state index < -0.39 is 17.6 Å². The Morgan fingerprint density at radius 2 is 1.65 bits per heavy atom. The van der Waals surface area contributed by atoms with Gasteiger partial charge in [0.2, 0.25) is 0 Å². The predicted octanol–water partition coefficient (Wildman–Crippen LogP) is 2.21. The van der Waals surface area contributed by atoms with Gasteiger partial charge in [-0.1, -0.05) is 12.1 Å². The summed E-state index contributed by atoms with van der Waals surface area (Å²) in [7, 11) is 0. The molecule has 1 aromatic heterocycles. The van der Waals surface area contributed by atoms with Crippen molar-refractivity contribution in [1.82, 2.24) is 14.8 Å². The minimum atomic E-state index is -0.607. The van der Waals surface area contributed by atoms with Crippen LogP contribution in [-0.2, 0) is 0 Å². The molecule has 2 aromatic carbocycles. The highest BCUT2D eigenvalue weighted by molar-refractivity contribution is 6.34. The monoisotopic (exact) mass is 308 g/mol. The molecule has 0 spiro atoms. The Morgan fingerprint density at radius 1 is 0.957 bits per heavy atom. The van der Waals surface area contributed by atoms with Crippen LogP contribution < -0.4 is 4.90 Å². The SMILES string of the molecule is O=C1c2ccccc2C(=O)N1c1ccc(-n2cncn2)c(F)c1. The van der Waals surface area contributed by atoms with Gasteiger partial charge in [0.05, 0.1) is 16.8 Å². The number of nitrogens with zero attached hydrogens (tertiary/aromatic N) is 4. The first-order valence-corrected chi connectivity index (χ1v) is 6.79. The van der Waals surface area contributed by atoms with E-state index in [0.29, 0.717) is 11.1 Å². The third kappa shape index (κ3) is 1.94. The molecule has 0 radical (unpaired) electrons. The zero-order chi connectivity index (χ0) is 16.0. The molecule has 1 aliphatic rings. The second-order valence-electron chi connectivity index (χ2n) is 4.97. The number of hydrogen-bond donors (Lipinski definition) is 0. The molecule has 0 saturated heterocycles. The second-order valence-corrected chi connectivity index (χ2v) is 4.97. The van der Waals surface area contributed by atoms with Gasteiger partial charge in [-0.3, -0.25) is 9.59 Å². The highest BCUT2D eigenvalue weighted by atomic mass is 19.1. The number of fused-ring (bicyclic) bond motifs is 1. The number of carbonyl (C=O) groups excluding carboxylic acids is 2. The zero-order valence-electron chi connectivity index (χ0n) is 11.7. The fourth-order valence-corrected chi connectivity index (χ4v) is 2.58. The Kier molecular flexibility index (Phi) is 2.80. The summed E-state index contributed by atoms with van der Waals surface area (Å²) in [6.07, 6.45) is 2.65. The second kappa shape index (κ2) is 4.84. The molecule has 3 aromatic rings. The van der Waals surface area contributed by atoms with Crippen molar-refractivity contribution >= 4 is 17.5 Å². The first-order chi connectivity index (χ1) is 11.2. The van der Waals surface area contributed by atoms with Gasteiger partial charge >= 0.3 is 0 Å². The summed E-state index contributed by atoms with van der Waals surface area (Å²) in [5.41, 5.74) is 0.997. The average Bonchev–Trinajstić information content (AvgIpc) is 3.16. The normalized spacial score (nSPS) is 13.5. The number of imide groups is 1. The Bertz CT molecular complexity index is 902. The van der Waals surface area contributed by atoms with Crippen LogP contribution in [0.1, 0.15) is 20.7 Å². The summed E-state index contributed by atoms with van der Waals surface area (Å²) in [6.45, 7) is 0. The van der Waals surface area contributed by atoms with Crippen LogP contribution in [0.2, 0.25) is 0 Å². The summed E-state index contributed by atoms with van der Waals surface area (Å²) < 4.78 is 15.6.